The number of carbonyl (C=O) groups is 2. The number of ether oxygens (including phenoxy) is 2. The summed E-state index contributed by atoms with van der Waals surface area (Å²) >= 11 is 1.31. The summed E-state index contributed by atoms with van der Waals surface area (Å²) < 4.78 is 11.1. The molecule has 0 radical (unpaired) electrons. The average molecular weight is 423 g/mol. The molecule has 1 unspecified atom stereocenters. The van der Waals surface area contributed by atoms with Crippen LogP contribution in [0.15, 0.2) is 41.8 Å². The van der Waals surface area contributed by atoms with Crippen molar-refractivity contribution in [2.45, 2.75) is 26.4 Å². The molecule has 2 amide bonds. The Kier molecular flexibility index (Phi) is 5.41. The van der Waals surface area contributed by atoms with Crippen molar-refractivity contribution in [3.05, 3.63) is 52.9 Å². The van der Waals surface area contributed by atoms with Gasteiger partial charge in [-0.15, -0.1) is 11.3 Å². The molecule has 7 nitrogen and oxygen atoms in total. The lowest BCUT2D eigenvalue weighted by molar-refractivity contribution is -0.128. The van der Waals surface area contributed by atoms with Gasteiger partial charge in [-0.1, -0.05) is 17.7 Å². The number of amides is 2. The molecule has 30 heavy (non-hydrogen) atoms. The van der Waals surface area contributed by atoms with Gasteiger partial charge in [-0.3, -0.25) is 9.59 Å². The lowest BCUT2D eigenvalue weighted by atomic mass is 10.1. The molecule has 2 aromatic carbocycles. The predicted octanol–water partition coefficient (Wildman–Crippen LogP) is 4.16. The normalized spacial score (nSPS) is 15.0. The van der Waals surface area contributed by atoms with Gasteiger partial charge in [0, 0.05) is 10.9 Å². The second kappa shape index (κ2) is 8.16. The van der Waals surface area contributed by atoms with E-state index in [1.807, 2.05) is 49.6 Å². The molecule has 0 spiro atoms. The first-order valence-corrected chi connectivity index (χ1v) is 10.3. The fraction of sp³-hybridized carbons (Fsp3) is 0.227. The number of nitrogens with zero attached hydrogens (tertiary/aromatic N) is 1. The third-order valence-electron chi connectivity index (χ3n) is 4.71. The summed E-state index contributed by atoms with van der Waals surface area (Å²) in [6.45, 7) is 3.92. The van der Waals surface area contributed by atoms with Crippen molar-refractivity contribution in [3.63, 3.8) is 0 Å². The molecule has 2 N–H and O–H groups in total. The molecule has 0 aliphatic carbocycles. The van der Waals surface area contributed by atoms with Gasteiger partial charge in [0.2, 0.25) is 5.91 Å². The molecule has 2 heterocycles. The zero-order valence-corrected chi connectivity index (χ0v) is 17.6. The summed E-state index contributed by atoms with van der Waals surface area (Å²) in [7, 11) is 1.61. The van der Waals surface area contributed by atoms with Crippen LogP contribution in [0.25, 0.3) is 11.3 Å². The van der Waals surface area contributed by atoms with Crippen LogP contribution in [-0.4, -0.2) is 30.0 Å². The Morgan fingerprint density at radius 1 is 1.23 bits per heavy atom. The van der Waals surface area contributed by atoms with Crippen molar-refractivity contribution >= 4 is 34.0 Å². The Hall–Kier alpha value is -3.39. The number of hydrogen-bond donors (Lipinski definition) is 2. The van der Waals surface area contributed by atoms with Gasteiger partial charge < -0.3 is 20.1 Å². The van der Waals surface area contributed by atoms with E-state index < -0.39 is 6.10 Å². The van der Waals surface area contributed by atoms with E-state index in [9.17, 15) is 9.59 Å². The van der Waals surface area contributed by atoms with Gasteiger partial charge in [-0.2, -0.15) is 0 Å². The van der Waals surface area contributed by atoms with Crippen LogP contribution in [0.3, 0.4) is 0 Å². The summed E-state index contributed by atoms with van der Waals surface area (Å²) in [6, 6.07) is 11.4. The predicted molar refractivity (Wildman–Crippen MR) is 116 cm³/mol. The molecule has 0 saturated carbocycles. The monoisotopic (exact) mass is 423 g/mol. The third kappa shape index (κ3) is 4.13. The van der Waals surface area contributed by atoms with Gasteiger partial charge in [-0.25, -0.2) is 4.98 Å². The van der Waals surface area contributed by atoms with Crippen molar-refractivity contribution in [1.29, 1.82) is 0 Å². The Bertz CT molecular complexity index is 1130. The fourth-order valence-corrected chi connectivity index (χ4v) is 3.94. The van der Waals surface area contributed by atoms with Crippen molar-refractivity contribution in [2.75, 3.05) is 17.7 Å². The van der Waals surface area contributed by atoms with Crippen LogP contribution < -0.4 is 20.1 Å². The first-order valence-electron chi connectivity index (χ1n) is 9.41. The number of methoxy groups -OCH3 is 1. The van der Waals surface area contributed by atoms with Gasteiger partial charge >= 0.3 is 0 Å². The van der Waals surface area contributed by atoms with E-state index in [1.165, 1.54) is 11.3 Å². The number of carbonyl (C=O) groups excluding carboxylic acids is 2. The number of fused-ring (bicyclic) bond motifs is 1. The number of anilines is 2. The largest absolute Gasteiger partial charge is 0.496 e. The smallest absolute Gasteiger partial charge is 0.266 e. The Morgan fingerprint density at radius 2 is 2.00 bits per heavy atom. The minimum absolute atomic E-state index is 0.109. The van der Waals surface area contributed by atoms with Crippen LogP contribution in [0.2, 0.25) is 0 Å². The first-order chi connectivity index (χ1) is 14.4. The summed E-state index contributed by atoms with van der Waals surface area (Å²) in [6.07, 6.45) is -1.00. The van der Waals surface area contributed by atoms with E-state index in [2.05, 4.69) is 15.6 Å². The van der Waals surface area contributed by atoms with E-state index in [1.54, 1.807) is 13.2 Å². The molecule has 1 atom stereocenters. The van der Waals surface area contributed by atoms with Crippen LogP contribution in [0.1, 0.15) is 17.5 Å². The number of benzene rings is 2. The van der Waals surface area contributed by atoms with E-state index >= 15 is 0 Å². The van der Waals surface area contributed by atoms with E-state index in [0.29, 0.717) is 28.0 Å². The van der Waals surface area contributed by atoms with Crippen molar-refractivity contribution < 1.29 is 19.1 Å². The Morgan fingerprint density at radius 3 is 2.80 bits per heavy atom. The van der Waals surface area contributed by atoms with Crippen LogP contribution in [-0.2, 0) is 9.59 Å². The van der Waals surface area contributed by atoms with Crippen LogP contribution >= 0.6 is 11.3 Å². The van der Waals surface area contributed by atoms with Crippen LogP contribution in [0, 0.1) is 13.8 Å². The highest BCUT2D eigenvalue weighted by Gasteiger charge is 2.30. The number of nitrogens with one attached hydrogen (secondary N) is 2. The lowest BCUT2D eigenvalue weighted by Gasteiger charge is -2.25. The Balaban J connectivity index is 1.44. The van der Waals surface area contributed by atoms with Crippen molar-refractivity contribution in [1.82, 2.24) is 4.98 Å². The molecule has 1 aromatic heterocycles. The number of aromatic nitrogens is 1. The maximum atomic E-state index is 12.5. The molecule has 154 valence electrons. The molecule has 0 bridgehead atoms. The molecular weight excluding hydrogens is 402 g/mol. The molecule has 1 aliphatic heterocycles. The van der Waals surface area contributed by atoms with Gasteiger partial charge in [0.25, 0.3) is 5.91 Å². The number of thiazole rings is 1. The topological polar surface area (TPSA) is 89.5 Å². The maximum Gasteiger partial charge on any atom is 0.266 e. The summed E-state index contributed by atoms with van der Waals surface area (Å²) in [5.41, 5.74) is 4.29. The Labute approximate surface area is 178 Å². The molecule has 0 saturated heterocycles. The maximum absolute atomic E-state index is 12.5. The number of rotatable bonds is 5. The lowest BCUT2D eigenvalue weighted by Crippen LogP contribution is -2.39. The molecule has 4 rings (SSSR count). The third-order valence-corrected chi connectivity index (χ3v) is 5.46. The highest BCUT2D eigenvalue weighted by Crippen LogP contribution is 2.34. The van der Waals surface area contributed by atoms with Gasteiger partial charge in [0.1, 0.15) is 11.5 Å². The number of aryl methyl sites for hydroxylation is 2. The average Bonchev–Trinajstić information content (AvgIpc) is 3.17. The summed E-state index contributed by atoms with van der Waals surface area (Å²) in [4.78, 5) is 29.3. The highest BCUT2D eigenvalue weighted by atomic mass is 32.1. The molecule has 3 aromatic rings. The van der Waals surface area contributed by atoms with E-state index in [0.717, 1.165) is 16.7 Å². The van der Waals surface area contributed by atoms with E-state index in [-0.39, 0.29) is 18.2 Å². The zero-order valence-electron chi connectivity index (χ0n) is 16.8. The van der Waals surface area contributed by atoms with E-state index in [4.69, 9.17) is 9.47 Å². The minimum Gasteiger partial charge on any atom is -0.496 e. The van der Waals surface area contributed by atoms with Crippen molar-refractivity contribution in [2.24, 2.45) is 0 Å². The zero-order chi connectivity index (χ0) is 21.3. The fourth-order valence-electron chi connectivity index (χ4n) is 3.21. The first kappa shape index (κ1) is 19.9. The van der Waals surface area contributed by atoms with Crippen LogP contribution in [0.4, 0.5) is 10.8 Å². The standard InChI is InChI=1S/C22H21N3O4S/c1-12-4-6-17(28-3)14(8-12)16-11-30-22(24-16)25-20(26)10-19-21(27)23-15-9-13(2)5-7-18(15)29-19/h4-9,11,19H,10H2,1-3H3,(H,23,27)(H,24,25,26). The van der Waals surface area contributed by atoms with Crippen molar-refractivity contribution in [3.8, 4) is 22.8 Å². The summed E-state index contributed by atoms with van der Waals surface area (Å²) in [5.74, 6) is 0.585. The molecule has 1 aliphatic rings. The van der Waals surface area contributed by atoms with Gasteiger partial charge in [0.05, 0.1) is 24.9 Å². The molecule has 8 heteroatoms. The van der Waals surface area contributed by atoms with Gasteiger partial charge in [0.15, 0.2) is 11.2 Å². The number of hydrogen-bond acceptors (Lipinski definition) is 6. The second-order valence-corrected chi connectivity index (χ2v) is 7.95. The minimum atomic E-state index is -0.892. The highest BCUT2D eigenvalue weighted by molar-refractivity contribution is 7.14. The molecular formula is C22H21N3O4S. The SMILES string of the molecule is COc1ccc(C)cc1-c1csc(NC(=O)CC2Oc3ccc(C)cc3NC2=O)n1. The van der Waals surface area contributed by atoms with Gasteiger partial charge in [-0.05, 0) is 43.7 Å². The summed E-state index contributed by atoms with van der Waals surface area (Å²) in [5, 5.41) is 7.85. The second-order valence-electron chi connectivity index (χ2n) is 7.09. The quantitative estimate of drug-likeness (QED) is 0.643. The molecule has 0 fully saturated rings. The van der Waals surface area contributed by atoms with Crippen LogP contribution in [0.5, 0.6) is 11.5 Å².